The van der Waals surface area contributed by atoms with Crippen LogP contribution in [0.1, 0.15) is 22.6 Å². The number of Topliss-reactive ketones (excluding diaryl/α,β-unsaturated/α-hetero) is 1. The zero-order chi connectivity index (χ0) is 18.9. The summed E-state index contributed by atoms with van der Waals surface area (Å²) in [6, 6.07) is -0.735. The molecule has 1 aromatic rings. The Balaban J connectivity index is 1.95. The minimum atomic E-state index is -0.735. The fraction of sp³-hybridized carbons (Fsp3) is 0.533. The van der Waals surface area contributed by atoms with E-state index in [-0.39, 0.29) is 36.6 Å². The van der Waals surface area contributed by atoms with Crippen LogP contribution in [0.5, 0.6) is 0 Å². The molecule has 1 saturated heterocycles. The molecule has 0 unspecified atom stereocenters. The number of hydrogen-bond donors (Lipinski definition) is 4. The predicted molar refractivity (Wildman–Crippen MR) is 97.7 cm³/mol. The van der Waals surface area contributed by atoms with E-state index in [1.807, 2.05) is 0 Å². The van der Waals surface area contributed by atoms with Crippen molar-refractivity contribution in [2.24, 2.45) is 16.5 Å². The number of guanidine groups is 1. The lowest BCUT2D eigenvalue weighted by atomic mass is 10.1. The first-order chi connectivity index (χ1) is 12.5. The summed E-state index contributed by atoms with van der Waals surface area (Å²) in [5, 5.41) is 7.68. The van der Waals surface area contributed by atoms with Gasteiger partial charge in [-0.3, -0.25) is 19.4 Å². The van der Waals surface area contributed by atoms with Crippen LogP contribution >= 0.6 is 11.3 Å². The number of hydrogen-bond acceptors (Lipinski definition) is 7. The normalized spacial score (nSPS) is 15.4. The minimum absolute atomic E-state index is 0.0194. The summed E-state index contributed by atoms with van der Waals surface area (Å²) in [5.41, 5.74) is 10.6. The van der Waals surface area contributed by atoms with Crippen molar-refractivity contribution in [3.8, 4) is 0 Å². The molecular weight excluding hydrogens is 358 g/mol. The standard InChI is InChI=1S/C15H23N7O3S/c16-15(17)20-3-1-2-10(13(25)14-19-5-7-26-14)21-11(23)9-22-6-4-18-8-12(22)24/h5,7,10,18H,1-4,6,8-9H2,(H,21,23)(H4,16,17,20)/t10-/m0/s1. The molecule has 0 spiro atoms. The fourth-order valence-electron chi connectivity index (χ4n) is 2.49. The molecule has 1 aliphatic heterocycles. The van der Waals surface area contributed by atoms with E-state index < -0.39 is 6.04 Å². The fourth-order valence-corrected chi connectivity index (χ4v) is 3.12. The highest BCUT2D eigenvalue weighted by atomic mass is 32.1. The van der Waals surface area contributed by atoms with Crippen molar-refractivity contribution < 1.29 is 14.4 Å². The van der Waals surface area contributed by atoms with Crippen LogP contribution in [0.4, 0.5) is 0 Å². The monoisotopic (exact) mass is 381 g/mol. The molecule has 1 aliphatic rings. The van der Waals surface area contributed by atoms with E-state index in [1.165, 1.54) is 22.4 Å². The van der Waals surface area contributed by atoms with Crippen molar-refractivity contribution in [2.45, 2.75) is 18.9 Å². The van der Waals surface area contributed by atoms with Gasteiger partial charge in [-0.25, -0.2) is 4.98 Å². The molecule has 0 aliphatic carbocycles. The van der Waals surface area contributed by atoms with Crippen molar-refractivity contribution in [1.82, 2.24) is 20.5 Å². The van der Waals surface area contributed by atoms with E-state index >= 15 is 0 Å². The third-order valence-electron chi connectivity index (χ3n) is 3.76. The van der Waals surface area contributed by atoms with Crippen molar-refractivity contribution in [1.29, 1.82) is 0 Å². The second-order valence-electron chi connectivity index (χ2n) is 5.76. The number of nitrogens with zero attached hydrogens (tertiary/aromatic N) is 3. The molecule has 1 atom stereocenters. The number of aliphatic imine (C=N–C) groups is 1. The van der Waals surface area contributed by atoms with E-state index in [1.54, 1.807) is 5.38 Å². The number of amides is 2. The van der Waals surface area contributed by atoms with Gasteiger partial charge in [-0.15, -0.1) is 11.3 Å². The lowest BCUT2D eigenvalue weighted by Crippen LogP contribution is -2.53. The summed E-state index contributed by atoms with van der Waals surface area (Å²) in [6.45, 7) is 1.60. The first-order valence-electron chi connectivity index (χ1n) is 8.24. The van der Waals surface area contributed by atoms with Gasteiger partial charge in [0.25, 0.3) is 0 Å². The van der Waals surface area contributed by atoms with Crippen molar-refractivity contribution in [3.05, 3.63) is 16.6 Å². The van der Waals surface area contributed by atoms with Crippen molar-refractivity contribution in [2.75, 3.05) is 32.7 Å². The van der Waals surface area contributed by atoms with Gasteiger partial charge >= 0.3 is 0 Å². The molecule has 6 N–H and O–H groups in total. The van der Waals surface area contributed by atoms with Crippen LogP contribution in [0.2, 0.25) is 0 Å². The molecule has 0 bridgehead atoms. The van der Waals surface area contributed by atoms with Crippen molar-refractivity contribution >= 4 is 34.9 Å². The molecule has 1 aromatic heterocycles. The average molecular weight is 381 g/mol. The van der Waals surface area contributed by atoms with Gasteiger partial charge in [0.1, 0.15) is 0 Å². The summed E-state index contributed by atoms with van der Waals surface area (Å²) >= 11 is 1.21. The highest BCUT2D eigenvalue weighted by Gasteiger charge is 2.26. The second kappa shape index (κ2) is 9.82. The molecule has 142 valence electrons. The van der Waals surface area contributed by atoms with Crippen LogP contribution in [0.25, 0.3) is 0 Å². The van der Waals surface area contributed by atoms with Gasteiger partial charge in [0.15, 0.2) is 11.0 Å². The molecule has 2 rings (SSSR count). The van der Waals surface area contributed by atoms with Gasteiger partial charge in [-0.05, 0) is 12.8 Å². The van der Waals surface area contributed by atoms with Gasteiger partial charge in [-0.2, -0.15) is 0 Å². The summed E-state index contributed by atoms with van der Waals surface area (Å²) in [6.07, 6.45) is 2.43. The molecule has 11 heteroatoms. The van der Waals surface area contributed by atoms with Crippen LogP contribution in [0.15, 0.2) is 16.6 Å². The number of rotatable bonds is 9. The van der Waals surface area contributed by atoms with Crippen LogP contribution in [-0.4, -0.2) is 72.2 Å². The number of nitrogens with one attached hydrogen (secondary N) is 2. The molecular formula is C15H23N7O3S. The summed E-state index contributed by atoms with van der Waals surface area (Å²) in [4.78, 5) is 46.0. The average Bonchev–Trinajstić information content (AvgIpc) is 3.13. The van der Waals surface area contributed by atoms with Crippen LogP contribution in [-0.2, 0) is 9.59 Å². The number of ketones is 1. The number of thiazole rings is 1. The number of piperazine rings is 1. The Morgan fingerprint density at radius 3 is 2.92 bits per heavy atom. The topological polar surface area (TPSA) is 156 Å². The Hall–Kier alpha value is -2.53. The molecule has 0 saturated carbocycles. The first-order valence-corrected chi connectivity index (χ1v) is 9.12. The van der Waals surface area contributed by atoms with E-state index in [9.17, 15) is 14.4 Å². The maximum atomic E-state index is 12.6. The highest BCUT2D eigenvalue weighted by molar-refractivity contribution is 7.11. The van der Waals surface area contributed by atoms with E-state index in [4.69, 9.17) is 11.5 Å². The van der Waals surface area contributed by atoms with Crippen molar-refractivity contribution in [3.63, 3.8) is 0 Å². The number of nitrogens with two attached hydrogens (primary N) is 2. The Morgan fingerprint density at radius 1 is 1.46 bits per heavy atom. The molecule has 2 amide bonds. The molecule has 0 radical (unpaired) electrons. The smallest absolute Gasteiger partial charge is 0.240 e. The van der Waals surface area contributed by atoms with E-state index in [0.29, 0.717) is 37.5 Å². The molecule has 0 aromatic carbocycles. The van der Waals surface area contributed by atoms with Gasteiger partial charge in [0.05, 0.1) is 19.1 Å². The van der Waals surface area contributed by atoms with Crippen LogP contribution < -0.4 is 22.1 Å². The Morgan fingerprint density at radius 2 is 2.27 bits per heavy atom. The SMILES string of the molecule is NC(N)=NCCC[C@H](NC(=O)CN1CCNCC1=O)C(=O)c1nccs1. The molecule has 10 nitrogen and oxygen atoms in total. The number of carbonyl (C=O) groups is 3. The minimum Gasteiger partial charge on any atom is -0.370 e. The number of carbonyl (C=O) groups excluding carboxylic acids is 3. The van der Waals surface area contributed by atoms with Crippen LogP contribution in [0, 0.1) is 0 Å². The lowest BCUT2D eigenvalue weighted by molar-refractivity contribution is -0.136. The molecule has 1 fully saturated rings. The zero-order valence-electron chi connectivity index (χ0n) is 14.3. The number of aromatic nitrogens is 1. The molecule has 2 heterocycles. The third kappa shape index (κ3) is 6.08. The highest BCUT2D eigenvalue weighted by Crippen LogP contribution is 2.11. The van der Waals surface area contributed by atoms with Gasteiger partial charge in [-0.1, -0.05) is 0 Å². The summed E-state index contributed by atoms with van der Waals surface area (Å²) < 4.78 is 0. The maximum Gasteiger partial charge on any atom is 0.240 e. The third-order valence-corrected chi connectivity index (χ3v) is 4.55. The van der Waals surface area contributed by atoms with Crippen LogP contribution in [0.3, 0.4) is 0 Å². The predicted octanol–water partition coefficient (Wildman–Crippen LogP) is -1.70. The summed E-state index contributed by atoms with van der Waals surface area (Å²) in [5.74, 6) is -0.794. The summed E-state index contributed by atoms with van der Waals surface area (Å²) in [7, 11) is 0. The lowest BCUT2D eigenvalue weighted by Gasteiger charge is -2.27. The Kier molecular flexibility index (Phi) is 7.48. The second-order valence-corrected chi connectivity index (χ2v) is 6.66. The maximum absolute atomic E-state index is 12.6. The van der Waals surface area contributed by atoms with E-state index in [2.05, 4.69) is 20.6 Å². The zero-order valence-corrected chi connectivity index (χ0v) is 15.1. The van der Waals surface area contributed by atoms with E-state index in [0.717, 1.165) is 0 Å². The Bertz CT molecular complexity index is 658. The first kappa shape index (κ1) is 19.8. The van der Waals surface area contributed by atoms with Gasteiger partial charge in [0, 0.05) is 31.2 Å². The Labute approximate surface area is 155 Å². The quantitative estimate of drug-likeness (QED) is 0.172. The van der Waals surface area contributed by atoms with Gasteiger partial charge in [0.2, 0.25) is 17.6 Å². The largest absolute Gasteiger partial charge is 0.370 e. The molecule has 26 heavy (non-hydrogen) atoms. The van der Waals surface area contributed by atoms with Gasteiger partial charge < -0.3 is 27.0 Å².